The Labute approximate surface area is 104 Å². The molecule has 0 amide bonds. The highest BCUT2D eigenvalue weighted by Crippen LogP contribution is 2.29. The van der Waals surface area contributed by atoms with E-state index in [2.05, 4.69) is 11.9 Å². The second-order valence-electron chi connectivity index (χ2n) is 5.72. The predicted molar refractivity (Wildman–Crippen MR) is 66.0 cm³/mol. The first-order valence-electron chi connectivity index (χ1n) is 6.69. The first-order chi connectivity index (χ1) is 8.24. The molecule has 4 nitrogen and oxygen atoms in total. The summed E-state index contributed by atoms with van der Waals surface area (Å²) in [4.78, 5) is 2.25. The molecule has 0 radical (unpaired) electrons. The van der Waals surface area contributed by atoms with Crippen LogP contribution in [0.2, 0.25) is 0 Å². The number of rotatable bonds is 8. The summed E-state index contributed by atoms with van der Waals surface area (Å²) >= 11 is 0. The molecule has 2 aliphatic rings. The van der Waals surface area contributed by atoms with Crippen molar-refractivity contribution in [3.8, 4) is 0 Å². The second kappa shape index (κ2) is 6.14. The van der Waals surface area contributed by atoms with Crippen LogP contribution in [0.3, 0.4) is 0 Å². The summed E-state index contributed by atoms with van der Waals surface area (Å²) in [5, 5.41) is 9.48. The fourth-order valence-corrected chi connectivity index (χ4v) is 2.36. The van der Waals surface area contributed by atoms with Crippen LogP contribution in [-0.4, -0.2) is 63.2 Å². The van der Waals surface area contributed by atoms with Crippen LogP contribution >= 0.6 is 0 Å². The van der Waals surface area contributed by atoms with Crippen molar-refractivity contribution in [1.29, 1.82) is 0 Å². The van der Waals surface area contributed by atoms with E-state index in [1.807, 2.05) is 0 Å². The Morgan fingerprint density at radius 1 is 1.47 bits per heavy atom. The molecule has 1 heterocycles. The van der Waals surface area contributed by atoms with Gasteiger partial charge in [-0.3, -0.25) is 0 Å². The molecule has 17 heavy (non-hydrogen) atoms. The number of hydrogen-bond donors (Lipinski definition) is 1. The van der Waals surface area contributed by atoms with Gasteiger partial charge in [0, 0.05) is 31.7 Å². The lowest BCUT2D eigenvalue weighted by atomic mass is 9.88. The molecule has 100 valence electrons. The highest BCUT2D eigenvalue weighted by Gasteiger charge is 2.35. The van der Waals surface area contributed by atoms with Crippen molar-refractivity contribution >= 4 is 0 Å². The second-order valence-corrected chi connectivity index (χ2v) is 5.72. The van der Waals surface area contributed by atoms with Crippen LogP contribution in [0.15, 0.2) is 0 Å². The molecule has 1 saturated heterocycles. The highest BCUT2D eigenvalue weighted by atomic mass is 16.5. The lowest BCUT2D eigenvalue weighted by molar-refractivity contribution is 0.0483. The van der Waals surface area contributed by atoms with Crippen molar-refractivity contribution in [1.82, 2.24) is 4.90 Å². The zero-order chi connectivity index (χ0) is 12.1. The van der Waals surface area contributed by atoms with Crippen molar-refractivity contribution in [3.63, 3.8) is 0 Å². The highest BCUT2D eigenvalue weighted by molar-refractivity contribution is 4.85. The normalized spacial score (nSPS) is 29.1. The van der Waals surface area contributed by atoms with Crippen molar-refractivity contribution in [2.24, 2.45) is 11.3 Å². The molecular formula is C13H25NO3. The van der Waals surface area contributed by atoms with Gasteiger partial charge in [0.1, 0.15) is 0 Å². The van der Waals surface area contributed by atoms with E-state index >= 15 is 0 Å². The Morgan fingerprint density at radius 3 is 2.88 bits per heavy atom. The maximum atomic E-state index is 9.48. The molecule has 0 spiro atoms. The van der Waals surface area contributed by atoms with Gasteiger partial charge in [-0.2, -0.15) is 0 Å². The fraction of sp³-hybridized carbons (Fsp3) is 1.00. The number of aliphatic hydroxyl groups excluding tert-OH is 1. The largest absolute Gasteiger partial charge is 0.396 e. The Balaban J connectivity index is 1.59. The fourth-order valence-electron chi connectivity index (χ4n) is 2.36. The molecule has 1 aliphatic heterocycles. The lowest BCUT2D eigenvalue weighted by Gasteiger charge is -2.30. The van der Waals surface area contributed by atoms with Gasteiger partial charge in [0.25, 0.3) is 0 Å². The Kier molecular flexibility index (Phi) is 4.79. The van der Waals surface area contributed by atoms with Crippen LogP contribution in [0.5, 0.6) is 0 Å². The quantitative estimate of drug-likeness (QED) is 0.639. The van der Waals surface area contributed by atoms with Crippen molar-refractivity contribution in [3.05, 3.63) is 0 Å². The minimum atomic E-state index is -0.0365. The molecule has 1 unspecified atom stereocenters. The van der Waals surface area contributed by atoms with Crippen molar-refractivity contribution in [2.45, 2.75) is 19.3 Å². The van der Waals surface area contributed by atoms with Gasteiger partial charge >= 0.3 is 0 Å². The monoisotopic (exact) mass is 243 g/mol. The van der Waals surface area contributed by atoms with Gasteiger partial charge in [-0.1, -0.05) is 0 Å². The summed E-state index contributed by atoms with van der Waals surface area (Å²) in [6.07, 6.45) is 3.67. The third-order valence-corrected chi connectivity index (χ3v) is 3.79. The molecule has 0 bridgehead atoms. The SMILES string of the molecule is CN(CCOCC1CC1)CC1(CO)CCOC1. The number of nitrogens with zero attached hydrogens (tertiary/aromatic N) is 1. The van der Waals surface area contributed by atoms with Gasteiger partial charge < -0.3 is 19.5 Å². The van der Waals surface area contributed by atoms with Gasteiger partial charge in [0.05, 0.1) is 19.8 Å². The molecule has 2 rings (SSSR count). The number of likely N-dealkylation sites (N-methyl/N-ethyl adjacent to an activating group) is 1. The summed E-state index contributed by atoms with van der Waals surface area (Å²) in [7, 11) is 2.09. The summed E-state index contributed by atoms with van der Waals surface area (Å²) in [6, 6.07) is 0. The van der Waals surface area contributed by atoms with Crippen LogP contribution in [0.25, 0.3) is 0 Å². The summed E-state index contributed by atoms with van der Waals surface area (Å²) in [5.74, 6) is 0.840. The van der Waals surface area contributed by atoms with E-state index < -0.39 is 0 Å². The molecular weight excluding hydrogens is 218 g/mol. The van der Waals surface area contributed by atoms with E-state index in [0.29, 0.717) is 6.61 Å². The molecule has 1 atom stereocenters. The van der Waals surface area contributed by atoms with E-state index in [0.717, 1.165) is 45.2 Å². The van der Waals surface area contributed by atoms with Crippen LogP contribution in [0, 0.1) is 11.3 Å². The van der Waals surface area contributed by atoms with E-state index in [9.17, 15) is 5.11 Å². The summed E-state index contributed by atoms with van der Waals surface area (Å²) in [6.45, 7) is 5.27. The van der Waals surface area contributed by atoms with E-state index in [-0.39, 0.29) is 12.0 Å². The zero-order valence-electron chi connectivity index (χ0n) is 10.9. The van der Waals surface area contributed by atoms with Crippen LogP contribution in [0.1, 0.15) is 19.3 Å². The van der Waals surface area contributed by atoms with Gasteiger partial charge in [0.15, 0.2) is 0 Å². The molecule has 0 aromatic heterocycles. The van der Waals surface area contributed by atoms with E-state index in [1.54, 1.807) is 0 Å². The molecule has 4 heteroatoms. The molecule has 1 saturated carbocycles. The zero-order valence-corrected chi connectivity index (χ0v) is 10.9. The van der Waals surface area contributed by atoms with Crippen molar-refractivity contribution in [2.75, 3.05) is 53.2 Å². The van der Waals surface area contributed by atoms with E-state index in [4.69, 9.17) is 9.47 Å². The summed E-state index contributed by atoms with van der Waals surface area (Å²) in [5.41, 5.74) is -0.0365. The molecule has 0 aromatic carbocycles. The Morgan fingerprint density at radius 2 is 2.29 bits per heavy atom. The summed E-state index contributed by atoms with van der Waals surface area (Å²) < 4.78 is 11.0. The number of hydrogen-bond acceptors (Lipinski definition) is 4. The topological polar surface area (TPSA) is 41.9 Å². The average molecular weight is 243 g/mol. The molecule has 1 aliphatic carbocycles. The average Bonchev–Trinajstić information content (AvgIpc) is 3.04. The van der Waals surface area contributed by atoms with E-state index in [1.165, 1.54) is 12.8 Å². The smallest absolute Gasteiger partial charge is 0.0593 e. The maximum absolute atomic E-state index is 9.48. The number of ether oxygens (including phenoxy) is 2. The van der Waals surface area contributed by atoms with Crippen LogP contribution in [-0.2, 0) is 9.47 Å². The van der Waals surface area contributed by atoms with Gasteiger partial charge in [-0.15, -0.1) is 0 Å². The third kappa shape index (κ3) is 4.21. The first kappa shape index (κ1) is 13.3. The Bertz CT molecular complexity index is 225. The van der Waals surface area contributed by atoms with Crippen molar-refractivity contribution < 1.29 is 14.6 Å². The Hall–Kier alpha value is -0.160. The number of aliphatic hydroxyl groups is 1. The predicted octanol–water partition coefficient (Wildman–Crippen LogP) is 0.744. The van der Waals surface area contributed by atoms with Crippen LogP contribution in [0.4, 0.5) is 0 Å². The first-order valence-corrected chi connectivity index (χ1v) is 6.69. The van der Waals surface area contributed by atoms with Gasteiger partial charge in [-0.05, 0) is 32.2 Å². The van der Waals surface area contributed by atoms with Gasteiger partial charge in [-0.25, -0.2) is 0 Å². The molecule has 2 fully saturated rings. The van der Waals surface area contributed by atoms with Gasteiger partial charge in [0.2, 0.25) is 0 Å². The molecule has 1 N–H and O–H groups in total. The molecule has 0 aromatic rings. The standard InChI is InChI=1S/C13H25NO3/c1-14(5-7-16-8-12-2-3-12)9-13(10-15)4-6-17-11-13/h12,15H,2-11H2,1H3. The third-order valence-electron chi connectivity index (χ3n) is 3.79. The minimum absolute atomic E-state index is 0.0365. The minimum Gasteiger partial charge on any atom is -0.396 e. The maximum Gasteiger partial charge on any atom is 0.0593 e. The lowest BCUT2D eigenvalue weighted by Crippen LogP contribution is -2.40. The van der Waals surface area contributed by atoms with Crippen LogP contribution < -0.4 is 0 Å².